The Bertz CT molecular complexity index is 1640. The number of carbonyl (C=O) groups is 1. The van der Waals surface area contributed by atoms with E-state index < -0.39 is 15.9 Å². The van der Waals surface area contributed by atoms with Gasteiger partial charge in [-0.05, 0) is 74.7 Å². The summed E-state index contributed by atoms with van der Waals surface area (Å²) < 4.78 is 50.9. The zero-order valence-corrected chi connectivity index (χ0v) is 24.4. The summed E-state index contributed by atoms with van der Waals surface area (Å²) in [5.41, 5.74) is 2.91. The van der Waals surface area contributed by atoms with Crippen molar-refractivity contribution in [2.45, 2.75) is 38.6 Å². The summed E-state index contributed by atoms with van der Waals surface area (Å²) in [5, 5.41) is 10.6. The molecule has 1 amide bonds. The van der Waals surface area contributed by atoms with Gasteiger partial charge in [0.05, 0.1) is 24.7 Å². The molecule has 0 saturated heterocycles. The molecule has 0 fully saturated rings. The van der Waals surface area contributed by atoms with Crippen molar-refractivity contribution in [3.05, 3.63) is 77.4 Å². The molecule has 4 aromatic rings. The molecule has 11 nitrogen and oxygen atoms in total. The minimum Gasteiger partial charge on any atom is -0.490 e. The fourth-order valence-corrected chi connectivity index (χ4v) is 6.09. The Morgan fingerprint density at radius 2 is 1.55 bits per heavy atom. The molecule has 0 saturated carbocycles. The lowest BCUT2D eigenvalue weighted by Gasteiger charge is -2.28. The second kappa shape index (κ2) is 12.6. The monoisotopic (exact) mass is 592 g/mol. The van der Waals surface area contributed by atoms with Gasteiger partial charge in [0.2, 0.25) is 21.7 Å². The van der Waals surface area contributed by atoms with Crippen LogP contribution in [0.2, 0.25) is 0 Å². The van der Waals surface area contributed by atoms with Gasteiger partial charge in [-0.3, -0.25) is 10.1 Å². The Hall–Kier alpha value is -4.42. The van der Waals surface area contributed by atoms with E-state index in [-0.39, 0.29) is 22.4 Å². The van der Waals surface area contributed by atoms with Gasteiger partial charge in [-0.25, -0.2) is 8.42 Å². The van der Waals surface area contributed by atoms with Crippen LogP contribution in [-0.2, 0) is 23.0 Å². The van der Waals surface area contributed by atoms with E-state index in [1.807, 2.05) is 45.0 Å². The van der Waals surface area contributed by atoms with Crippen LogP contribution >= 0.6 is 0 Å². The van der Waals surface area contributed by atoms with E-state index in [9.17, 15) is 13.2 Å². The SMILES string of the molecule is CCOc1cc(-c2nnc(NC(=O)c3ccc(S(=O)(=O)N4CCc5ccccc5C4)cc3)o2)cc(OCC)c1OCC. The van der Waals surface area contributed by atoms with Crippen LogP contribution in [0.15, 0.2) is 70.0 Å². The summed E-state index contributed by atoms with van der Waals surface area (Å²) in [4.78, 5) is 13.0. The van der Waals surface area contributed by atoms with Crippen LogP contribution in [0.1, 0.15) is 42.3 Å². The largest absolute Gasteiger partial charge is 0.490 e. The zero-order chi connectivity index (χ0) is 29.7. The fourth-order valence-electron chi connectivity index (χ4n) is 4.67. The molecular weight excluding hydrogens is 560 g/mol. The van der Waals surface area contributed by atoms with Crippen molar-refractivity contribution in [1.29, 1.82) is 0 Å². The molecule has 1 aliphatic heterocycles. The normalized spacial score (nSPS) is 13.3. The average Bonchev–Trinajstić information content (AvgIpc) is 3.47. The minimum absolute atomic E-state index is 0.115. The van der Waals surface area contributed by atoms with Crippen molar-refractivity contribution in [2.24, 2.45) is 0 Å². The van der Waals surface area contributed by atoms with Gasteiger partial charge in [0.1, 0.15) is 0 Å². The quantitative estimate of drug-likeness (QED) is 0.257. The predicted octanol–water partition coefficient (Wildman–Crippen LogP) is 4.93. The standard InChI is InChI=1S/C30H32N4O7S/c1-4-38-25-17-23(18-26(39-5-2)27(25)40-6-3)29-32-33-30(41-29)31-28(35)21-11-13-24(14-12-21)42(36,37)34-16-15-20-9-7-8-10-22(20)19-34/h7-14,17-18H,4-6,15-16,19H2,1-3H3,(H,31,33,35). The Morgan fingerprint density at radius 1 is 0.905 bits per heavy atom. The number of hydrogen-bond donors (Lipinski definition) is 1. The number of hydrogen-bond acceptors (Lipinski definition) is 9. The van der Waals surface area contributed by atoms with Crippen molar-refractivity contribution in [3.63, 3.8) is 0 Å². The Balaban J connectivity index is 1.30. The van der Waals surface area contributed by atoms with Gasteiger partial charge in [0.15, 0.2) is 11.5 Å². The van der Waals surface area contributed by atoms with Gasteiger partial charge < -0.3 is 18.6 Å². The number of fused-ring (bicyclic) bond motifs is 1. The first-order valence-corrected chi connectivity index (χ1v) is 15.2. The lowest BCUT2D eigenvalue weighted by molar-refractivity contribution is 0.102. The maximum Gasteiger partial charge on any atom is 0.322 e. The van der Waals surface area contributed by atoms with E-state index >= 15 is 0 Å². The average molecular weight is 593 g/mol. The van der Waals surface area contributed by atoms with Gasteiger partial charge in [0.25, 0.3) is 5.91 Å². The number of nitrogens with zero attached hydrogens (tertiary/aromatic N) is 3. The van der Waals surface area contributed by atoms with Crippen LogP contribution in [0.5, 0.6) is 17.2 Å². The molecule has 2 heterocycles. The molecule has 1 N–H and O–H groups in total. The smallest absolute Gasteiger partial charge is 0.322 e. The van der Waals surface area contributed by atoms with E-state index in [0.29, 0.717) is 62.1 Å². The van der Waals surface area contributed by atoms with E-state index in [4.69, 9.17) is 18.6 Å². The zero-order valence-electron chi connectivity index (χ0n) is 23.6. The Kier molecular flexibility index (Phi) is 8.74. The predicted molar refractivity (Wildman–Crippen MR) is 155 cm³/mol. The number of amides is 1. The van der Waals surface area contributed by atoms with Gasteiger partial charge in [-0.2, -0.15) is 4.31 Å². The summed E-state index contributed by atoms with van der Waals surface area (Å²) in [7, 11) is -3.72. The first-order valence-electron chi connectivity index (χ1n) is 13.7. The third kappa shape index (κ3) is 6.09. The number of rotatable bonds is 11. The molecule has 5 rings (SSSR count). The van der Waals surface area contributed by atoms with Crippen LogP contribution in [0.4, 0.5) is 6.01 Å². The second-order valence-electron chi connectivity index (χ2n) is 9.35. The number of nitrogens with one attached hydrogen (secondary N) is 1. The van der Waals surface area contributed by atoms with Crippen molar-refractivity contribution >= 4 is 21.9 Å². The molecule has 220 valence electrons. The highest BCUT2D eigenvalue weighted by atomic mass is 32.2. The lowest BCUT2D eigenvalue weighted by atomic mass is 10.0. The number of sulfonamides is 1. The van der Waals surface area contributed by atoms with E-state index in [0.717, 1.165) is 11.1 Å². The molecule has 1 aromatic heterocycles. The van der Waals surface area contributed by atoms with Crippen molar-refractivity contribution < 1.29 is 31.8 Å². The number of aromatic nitrogens is 2. The number of anilines is 1. The molecule has 12 heteroatoms. The molecular formula is C30H32N4O7S. The van der Waals surface area contributed by atoms with Crippen LogP contribution < -0.4 is 19.5 Å². The van der Waals surface area contributed by atoms with Crippen molar-refractivity contribution in [1.82, 2.24) is 14.5 Å². The summed E-state index contributed by atoms with van der Waals surface area (Å²) in [5.74, 6) is 1.02. The maximum atomic E-state index is 13.3. The number of carbonyl (C=O) groups excluding carboxylic acids is 1. The summed E-state index contributed by atoms with van der Waals surface area (Å²) >= 11 is 0. The highest BCUT2D eigenvalue weighted by molar-refractivity contribution is 7.89. The van der Waals surface area contributed by atoms with E-state index in [1.165, 1.54) is 28.6 Å². The molecule has 0 radical (unpaired) electrons. The second-order valence-corrected chi connectivity index (χ2v) is 11.3. The molecule has 0 unspecified atom stereocenters. The van der Waals surface area contributed by atoms with E-state index in [2.05, 4.69) is 15.5 Å². The molecule has 0 spiro atoms. The van der Waals surface area contributed by atoms with Gasteiger partial charge in [0, 0.05) is 24.2 Å². The van der Waals surface area contributed by atoms with Crippen LogP contribution in [0.25, 0.3) is 11.5 Å². The topological polar surface area (TPSA) is 133 Å². The minimum atomic E-state index is -3.72. The third-order valence-corrected chi connectivity index (χ3v) is 8.51. The Morgan fingerprint density at radius 3 is 2.19 bits per heavy atom. The van der Waals surface area contributed by atoms with E-state index in [1.54, 1.807) is 12.1 Å². The Labute approximate surface area is 244 Å². The van der Waals surface area contributed by atoms with Crippen LogP contribution in [0, 0.1) is 0 Å². The maximum absolute atomic E-state index is 13.3. The van der Waals surface area contributed by atoms with Crippen molar-refractivity contribution in [3.8, 4) is 28.7 Å². The van der Waals surface area contributed by atoms with Gasteiger partial charge >= 0.3 is 6.01 Å². The van der Waals surface area contributed by atoms with Gasteiger partial charge in [-0.15, -0.1) is 5.10 Å². The molecule has 0 atom stereocenters. The molecule has 0 aliphatic carbocycles. The highest BCUT2D eigenvalue weighted by Crippen LogP contribution is 2.42. The van der Waals surface area contributed by atoms with Crippen molar-refractivity contribution in [2.75, 3.05) is 31.7 Å². The molecule has 1 aliphatic rings. The molecule has 3 aromatic carbocycles. The summed E-state index contributed by atoms with van der Waals surface area (Å²) in [6.07, 6.45) is 0.651. The highest BCUT2D eigenvalue weighted by Gasteiger charge is 2.28. The lowest BCUT2D eigenvalue weighted by Crippen LogP contribution is -2.35. The fraction of sp³-hybridized carbons (Fsp3) is 0.300. The molecule has 0 bridgehead atoms. The number of ether oxygens (including phenoxy) is 3. The van der Waals surface area contributed by atoms with Crippen LogP contribution in [0.3, 0.4) is 0 Å². The molecule has 42 heavy (non-hydrogen) atoms. The summed E-state index contributed by atoms with van der Waals surface area (Å²) in [6, 6.07) is 16.9. The third-order valence-electron chi connectivity index (χ3n) is 6.65. The summed E-state index contributed by atoms with van der Waals surface area (Å²) in [6.45, 7) is 7.54. The first kappa shape index (κ1) is 29.1. The number of benzene rings is 3. The first-order chi connectivity index (χ1) is 20.3. The van der Waals surface area contributed by atoms with Crippen LogP contribution in [-0.4, -0.2) is 55.2 Å². The van der Waals surface area contributed by atoms with Gasteiger partial charge in [-0.1, -0.05) is 29.4 Å².